The number of hydrogen-bond donors (Lipinski definition) is 2. The summed E-state index contributed by atoms with van der Waals surface area (Å²) in [6.45, 7) is 4.40. The van der Waals surface area contributed by atoms with Gasteiger partial charge in [-0.05, 0) is 13.0 Å². The van der Waals surface area contributed by atoms with Gasteiger partial charge in [0.15, 0.2) is 0 Å². The number of nitrogens with zero attached hydrogens (tertiary/aromatic N) is 2. The van der Waals surface area contributed by atoms with Crippen molar-refractivity contribution in [3.63, 3.8) is 0 Å². The molecule has 0 spiro atoms. The highest BCUT2D eigenvalue weighted by atomic mass is 16.5. The van der Waals surface area contributed by atoms with Crippen LogP contribution in [0.25, 0.3) is 0 Å². The lowest BCUT2D eigenvalue weighted by molar-refractivity contribution is 0.151. The van der Waals surface area contributed by atoms with Crippen LogP contribution in [0.5, 0.6) is 0 Å². The molecule has 5 nitrogen and oxygen atoms in total. The maximum atomic E-state index is 5.27. The molecule has 0 aliphatic rings. The average molecular weight is 196 g/mol. The first-order valence-corrected chi connectivity index (χ1v) is 4.64. The van der Waals surface area contributed by atoms with E-state index in [0.29, 0.717) is 32.3 Å². The lowest BCUT2D eigenvalue weighted by Gasteiger charge is -2.05. The zero-order valence-electron chi connectivity index (χ0n) is 8.36. The molecule has 14 heavy (non-hydrogen) atoms. The van der Waals surface area contributed by atoms with Crippen molar-refractivity contribution >= 4 is 5.95 Å². The molecule has 0 atom stereocenters. The van der Waals surface area contributed by atoms with Gasteiger partial charge >= 0.3 is 0 Å². The van der Waals surface area contributed by atoms with Crippen LogP contribution in [0.4, 0.5) is 5.95 Å². The summed E-state index contributed by atoms with van der Waals surface area (Å²) in [5, 5.41) is 3.06. The third-order valence-electron chi connectivity index (χ3n) is 1.59. The predicted octanol–water partition coefficient (Wildman–Crippen LogP) is 0.172. The highest BCUT2D eigenvalue weighted by molar-refractivity contribution is 5.24. The number of hydrogen-bond acceptors (Lipinski definition) is 5. The average Bonchev–Trinajstić information content (AvgIpc) is 2.18. The van der Waals surface area contributed by atoms with Gasteiger partial charge in [0.2, 0.25) is 5.95 Å². The minimum Gasteiger partial charge on any atom is -0.378 e. The largest absolute Gasteiger partial charge is 0.378 e. The minimum atomic E-state index is 0.556. The number of nitrogens with one attached hydrogen (secondary N) is 1. The lowest BCUT2D eigenvalue weighted by atomic mass is 10.5. The molecule has 78 valence electrons. The first kappa shape index (κ1) is 10.9. The molecule has 0 aromatic carbocycles. The molecule has 3 N–H and O–H groups in total. The third-order valence-corrected chi connectivity index (χ3v) is 1.59. The van der Waals surface area contributed by atoms with Gasteiger partial charge in [-0.3, -0.25) is 0 Å². The van der Waals surface area contributed by atoms with Crippen LogP contribution in [0.2, 0.25) is 0 Å². The quantitative estimate of drug-likeness (QED) is 0.635. The monoisotopic (exact) mass is 196 g/mol. The number of anilines is 1. The number of aromatic nitrogens is 2. The molecule has 0 amide bonds. The summed E-state index contributed by atoms with van der Waals surface area (Å²) < 4.78 is 5.19. The Balaban J connectivity index is 2.18. The van der Waals surface area contributed by atoms with Crippen LogP contribution in [0.15, 0.2) is 12.3 Å². The van der Waals surface area contributed by atoms with Crippen molar-refractivity contribution < 1.29 is 4.74 Å². The second-order valence-electron chi connectivity index (χ2n) is 2.85. The van der Waals surface area contributed by atoms with Gasteiger partial charge in [0.1, 0.15) is 0 Å². The summed E-state index contributed by atoms with van der Waals surface area (Å²) >= 11 is 0. The Morgan fingerprint density at radius 2 is 2.36 bits per heavy atom. The first-order chi connectivity index (χ1) is 6.83. The van der Waals surface area contributed by atoms with Crippen molar-refractivity contribution in [1.82, 2.24) is 9.97 Å². The van der Waals surface area contributed by atoms with Gasteiger partial charge < -0.3 is 15.8 Å². The fourth-order valence-corrected chi connectivity index (χ4v) is 0.954. The van der Waals surface area contributed by atoms with E-state index >= 15 is 0 Å². The zero-order valence-corrected chi connectivity index (χ0v) is 8.36. The zero-order chi connectivity index (χ0) is 10.2. The first-order valence-electron chi connectivity index (χ1n) is 4.64. The molecule has 0 unspecified atom stereocenters. The van der Waals surface area contributed by atoms with Gasteiger partial charge in [-0.15, -0.1) is 0 Å². The van der Waals surface area contributed by atoms with Gasteiger partial charge in [0, 0.05) is 25.0 Å². The summed E-state index contributed by atoms with van der Waals surface area (Å²) in [5.41, 5.74) is 6.22. The summed E-state index contributed by atoms with van der Waals surface area (Å²) in [4.78, 5) is 8.24. The molecular weight excluding hydrogens is 180 g/mol. The maximum Gasteiger partial charge on any atom is 0.222 e. The molecule has 5 heteroatoms. The normalized spacial score (nSPS) is 10.1. The minimum absolute atomic E-state index is 0.556. The van der Waals surface area contributed by atoms with E-state index in [1.807, 2.05) is 13.0 Å². The summed E-state index contributed by atoms with van der Waals surface area (Å²) in [5.74, 6) is 0.640. The lowest BCUT2D eigenvalue weighted by Crippen LogP contribution is -2.15. The third kappa shape index (κ3) is 4.15. The van der Waals surface area contributed by atoms with E-state index in [-0.39, 0.29) is 0 Å². The standard InChI is InChI=1S/C9H16N4O/c1-8-2-4-11-9(13-8)12-5-7-14-6-3-10/h2,4H,3,5-7,10H2,1H3,(H,11,12,13). The Bertz CT molecular complexity index is 267. The van der Waals surface area contributed by atoms with Gasteiger partial charge in [0.05, 0.1) is 13.2 Å². The van der Waals surface area contributed by atoms with Crippen molar-refractivity contribution in [2.24, 2.45) is 5.73 Å². The second kappa shape index (κ2) is 6.28. The number of rotatable bonds is 6. The van der Waals surface area contributed by atoms with Crippen LogP contribution in [-0.2, 0) is 4.74 Å². The molecule has 1 heterocycles. The molecule has 0 bridgehead atoms. The Morgan fingerprint density at radius 1 is 1.50 bits per heavy atom. The van der Waals surface area contributed by atoms with Crippen molar-refractivity contribution in [3.8, 4) is 0 Å². The van der Waals surface area contributed by atoms with Crippen molar-refractivity contribution in [3.05, 3.63) is 18.0 Å². The van der Waals surface area contributed by atoms with E-state index in [1.54, 1.807) is 6.20 Å². The van der Waals surface area contributed by atoms with Crippen LogP contribution in [0.3, 0.4) is 0 Å². The molecular formula is C9H16N4O. The van der Waals surface area contributed by atoms with Crippen LogP contribution in [0.1, 0.15) is 5.69 Å². The number of ether oxygens (including phenoxy) is 1. The Morgan fingerprint density at radius 3 is 3.07 bits per heavy atom. The predicted molar refractivity (Wildman–Crippen MR) is 55.1 cm³/mol. The Labute approximate surface area is 83.7 Å². The highest BCUT2D eigenvalue weighted by Gasteiger charge is 1.94. The Kier molecular flexibility index (Phi) is 4.88. The number of aryl methyl sites for hydroxylation is 1. The highest BCUT2D eigenvalue weighted by Crippen LogP contribution is 1.97. The topological polar surface area (TPSA) is 73.1 Å². The molecule has 0 fully saturated rings. The fraction of sp³-hybridized carbons (Fsp3) is 0.556. The van der Waals surface area contributed by atoms with Crippen LogP contribution in [0, 0.1) is 6.92 Å². The molecule has 1 rings (SSSR count). The van der Waals surface area contributed by atoms with Crippen LogP contribution in [-0.4, -0.2) is 36.3 Å². The molecule has 0 saturated carbocycles. The van der Waals surface area contributed by atoms with Gasteiger partial charge in [0.25, 0.3) is 0 Å². The van der Waals surface area contributed by atoms with E-state index in [2.05, 4.69) is 15.3 Å². The van der Waals surface area contributed by atoms with E-state index in [4.69, 9.17) is 10.5 Å². The summed E-state index contributed by atoms with van der Waals surface area (Å²) in [6, 6.07) is 1.86. The van der Waals surface area contributed by atoms with Crippen LogP contribution >= 0.6 is 0 Å². The van der Waals surface area contributed by atoms with Crippen molar-refractivity contribution in [1.29, 1.82) is 0 Å². The Hall–Kier alpha value is -1.20. The van der Waals surface area contributed by atoms with Crippen molar-refractivity contribution in [2.45, 2.75) is 6.92 Å². The summed E-state index contributed by atoms with van der Waals surface area (Å²) in [6.07, 6.45) is 1.73. The molecule has 1 aromatic heterocycles. The van der Waals surface area contributed by atoms with Crippen LogP contribution < -0.4 is 11.1 Å². The molecule has 0 aliphatic heterocycles. The van der Waals surface area contributed by atoms with Crippen molar-refractivity contribution in [2.75, 3.05) is 31.6 Å². The fourth-order valence-electron chi connectivity index (χ4n) is 0.954. The van der Waals surface area contributed by atoms with E-state index in [9.17, 15) is 0 Å². The molecule has 1 aromatic rings. The molecule has 0 aliphatic carbocycles. The smallest absolute Gasteiger partial charge is 0.222 e. The summed E-state index contributed by atoms with van der Waals surface area (Å²) in [7, 11) is 0. The van der Waals surface area contributed by atoms with Gasteiger partial charge in [-0.25, -0.2) is 9.97 Å². The molecule has 0 radical (unpaired) electrons. The van der Waals surface area contributed by atoms with Gasteiger partial charge in [-0.1, -0.05) is 0 Å². The van der Waals surface area contributed by atoms with E-state index in [0.717, 1.165) is 5.69 Å². The maximum absolute atomic E-state index is 5.27. The second-order valence-corrected chi connectivity index (χ2v) is 2.85. The van der Waals surface area contributed by atoms with E-state index < -0.39 is 0 Å². The molecule has 0 saturated heterocycles. The SMILES string of the molecule is Cc1ccnc(NCCOCCN)n1. The van der Waals surface area contributed by atoms with E-state index in [1.165, 1.54) is 0 Å². The number of nitrogens with two attached hydrogens (primary N) is 1. The van der Waals surface area contributed by atoms with Gasteiger partial charge in [-0.2, -0.15) is 0 Å².